The molecule has 0 fully saturated rings. The molecule has 2 aromatic carbocycles. The molecular weight excluding hydrogens is 295 g/mol. The van der Waals surface area contributed by atoms with Crippen LogP contribution in [0.1, 0.15) is 23.1 Å². The summed E-state index contributed by atoms with van der Waals surface area (Å²) in [5, 5.41) is 0. The van der Waals surface area contributed by atoms with Crippen LogP contribution in [0.15, 0.2) is 36.4 Å². The molecule has 3 rings (SSSR count). The van der Waals surface area contributed by atoms with E-state index in [1.165, 1.54) is 11.1 Å². The normalized spacial score (nSPS) is 14.0. The maximum atomic E-state index is 13.6. The molecule has 0 N–H and O–H groups in total. The Bertz CT molecular complexity index is 697. The van der Waals surface area contributed by atoms with E-state index in [2.05, 4.69) is 0 Å². The minimum absolute atomic E-state index is 0.0541. The molecule has 0 unspecified atom stereocenters. The third-order valence-electron chi connectivity index (χ3n) is 3.89. The highest BCUT2D eigenvalue weighted by Gasteiger charge is 2.26. The minimum atomic E-state index is -5.16. The second-order valence-corrected chi connectivity index (χ2v) is 5.51. The van der Waals surface area contributed by atoms with E-state index in [0.29, 0.717) is 0 Å². The zero-order valence-electron chi connectivity index (χ0n) is 11.8. The molecule has 0 saturated carbocycles. The minimum Gasteiger partial charge on any atom is -0.486 e. The van der Waals surface area contributed by atoms with Gasteiger partial charge in [-0.25, -0.2) is 4.39 Å². The van der Waals surface area contributed by atoms with Gasteiger partial charge in [0.1, 0.15) is 6.61 Å². The van der Waals surface area contributed by atoms with E-state index in [4.69, 9.17) is 4.74 Å². The van der Waals surface area contributed by atoms with Crippen LogP contribution in [0.4, 0.5) is 17.3 Å². The van der Waals surface area contributed by atoms with Crippen molar-refractivity contribution < 1.29 is 22.1 Å². The van der Waals surface area contributed by atoms with Gasteiger partial charge in [-0.2, -0.15) is 0 Å². The molecule has 0 spiro atoms. The largest absolute Gasteiger partial charge is 0.509 e. The van der Waals surface area contributed by atoms with Crippen LogP contribution >= 0.6 is 0 Å². The van der Waals surface area contributed by atoms with E-state index >= 15 is 0 Å². The lowest BCUT2D eigenvalue weighted by Gasteiger charge is -2.16. The fraction of sp³-hybridized carbons (Fsp3) is 0.250. The first kappa shape index (κ1) is 14.9. The molecule has 0 heterocycles. The third-order valence-corrected chi connectivity index (χ3v) is 3.89. The fourth-order valence-corrected chi connectivity index (χ4v) is 2.71. The average Bonchev–Trinajstić information content (AvgIpc) is 2.92. The van der Waals surface area contributed by atoms with E-state index in [-0.39, 0.29) is 12.4 Å². The quantitative estimate of drug-likeness (QED) is 0.614. The Hall–Kier alpha value is -1.98. The maximum Gasteiger partial charge on any atom is 0.509 e. The van der Waals surface area contributed by atoms with E-state index < -0.39 is 18.3 Å². The average molecular weight is 309 g/mol. The van der Waals surface area contributed by atoms with Crippen molar-refractivity contribution in [3.63, 3.8) is 0 Å². The number of rotatable bonds is 4. The Balaban J connectivity index is 1.76. The summed E-state index contributed by atoms with van der Waals surface area (Å²) in [5.74, 6) is -1.15. The van der Waals surface area contributed by atoms with Crippen LogP contribution in [-0.4, -0.2) is 6.98 Å². The van der Waals surface area contributed by atoms with Gasteiger partial charge in [-0.15, -0.1) is 5.46 Å². The van der Waals surface area contributed by atoms with Crippen molar-refractivity contribution in [1.29, 1.82) is 0 Å². The summed E-state index contributed by atoms with van der Waals surface area (Å²) in [6.07, 6.45) is 3.18. The highest BCUT2D eigenvalue weighted by Crippen LogP contribution is 2.24. The molecule has 0 amide bonds. The van der Waals surface area contributed by atoms with Crippen molar-refractivity contribution in [3.8, 4) is 5.75 Å². The highest BCUT2D eigenvalue weighted by molar-refractivity contribution is 6.73. The van der Waals surface area contributed by atoms with E-state index in [9.17, 15) is 17.3 Å². The lowest BCUT2D eigenvalue weighted by molar-refractivity contribution is 0.290. The van der Waals surface area contributed by atoms with Gasteiger partial charge in [0, 0.05) is 0 Å². The molecular formula is C16H14BF4O-. The molecule has 0 bridgehead atoms. The number of fused-ring (bicyclic) bond motifs is 1. The van der Waals surface area contributed by atoms with Crippen LogP contribution in [-0.2, 0) is 19.4 Å². The zero-order chi connectivity index (χ0) is 15.7. The standard InChI is InChI=1S/C16H14BF4O/c18-15-7-6-14(17(19,20)21)9-16(15)22-10-11-4-5-12-2-1-3-13(12)8-11/h4-9H,1-3,10H2/q-1. The summed E-state index contributed by atoms with van der Waals surface area (Å²) in [7, 11) is 0. The van der Waals surface area contributed by atoms with Crippen molar-refractivity contribution in [3.05, 3.63) is 58.9 Å². The Morgan fingerprint density at radius 1 is 0.955 bits per heavy atom. The Morgan fingerprint density at radius 2 is 1.73 bits per heavy atom. The summed E-state index contributed by atoms with van der Waals surface area (Å²) >= 11 is 0. The Kier molecular flexibility index (Phi) is 3.85. The van der Waals surface area contributed by atoms with E-state index in [1.807, 2.05) is 18.2 Å². The van der Waals surface area contributed by atoms with Crippen LogP contribution in [0.25, 0.3) is 0 Å². The fourth-order valence-electron chi connectivity index (χ4n) is 2.71. The number of hydrogen-bond acceptors (Lipinski definition) is 1. The van der Waals surface area contributed by atoms with Crippen molar-refractivity contribution in [2.24, 2.45) is 0 Å². The van der Waals surface area contributed by atoms with Gasteiger partial charge in [0.25, 0.3) is 0 Å². The first-order valence-electron chi connectivity index (χ1n) is 7.16. The monoisotopic (exact) mass is 309 g/mol. The predicted octanol–water partition coefficient (Wildman–Crippen LogP) is 3.95. The van der Waals surface area contributed by atoms with Crippen molar-refractivity contribution in [1.82, 2.24) is 0 Å². The van der Waals surface area contributed by atoms with Gasteiger partial charge in [0.15, 0.2) is 11.6 Å². The summed E-state index contributed by atoms with van der Waals surface area (Å²) in [6.45, 7) is -5.11. The molecule has 1 aliphatic carbocycles. The first-order valence-corrected chi connectivity index (χ1v) is 7.16. The number of aryl methyl sites for hydroxylation is 2. The van der Waals surface area contributed by atoms with Gasteiger partial charge < -0.3 is 17.7 Å². The van der Waals surface area contributed by atoms with Crippen LogP contribution in [0, 0.1) is 5.82 Å². The van der Waals surface area contributed by atoms with Crippen LogP contribution < -0.4 is 10.2 Å². The van der Waals surface area contributed by atoms with Crippen molar-refractivity contribution in [2.75, 3.05) is 0 Å². The topological polar surface area (TPSA) is 9.23 Å². The van der Waals surface area contributed by atoms with Gasteiger partial charge in [0.05, 0.1) is 0 Å². The summed E-state index contributed by atoms with van der Waals surface area (Å²) < 4.78 is 56.9. The predicted molar refractivity (Wildman–Crippen MR) is 77.9 cm³/mol. The van der Waals surface area contributed by atoms with Crippen LogP contribution in [0.5, 0.6) is 5.75 Å². The van der Waals surface area contributed by atoms with Crippen molar-refractivity contribution in [2.45, 2.75) is 25.9 Å². The van der Waals surface area contributed by atoms with E-state index in [0.717, 1.165) is 43.0 Å². The van der Waals surface area contributed by atoms with Gasteiger partial charge in [-0.05, 0) is 48.1 Å². The maximum absolute atomic E-state index is 13.6. The number of benzene rings is 2. The molecule has 6 heteroatoms. The molecule has 0 aromatic heterocycles. The molecule has 116 valence electrons. The molecule has 2 aromatic rings. The molecule has 0 saturated heterocycles. The van der Waals surface area contributed by atoms with Gasteiger partial charge in [0.2, 0.25) is 0 Å². The lowest BCUT2D eigenvalue weighted by Crippen LogP contribution is -2.34. The Morgan fingerprint density at radius 3 is 2.50 bits per heavy atom. The number of hydrogen-bond donors (Lipinski definition) is 0. The van der Waals surface area contributed by atoms with Gasteiger partial charge in [-0.1, -0.05) is 24.3 Å². The third kappa shape index (κ3) is 3.10. The van der Waals surface area contributed by atoms with E-state index in [1.54, 1.807) is 0 Å². The van der Waals surface area contributed by atoms with Gasteiger partial charge in [-0.3, -0.25) is 0 Å². The van der Waals surface area contributed by atoms with Crippen molar-refractivity contribution >= 4 is 12.4 Å². The molecule has 0 atom stereocenters. The molecule has 0 radical (unpaired) electrons. The second kappa shape index (κ2) is 5.67. The van der Waals surface area contributed by atoms with Gasteiger partial charge >= 0.3 is 6.98 Å². The molecule has 22 heavy (non-hydrogen) atoms. The first-order chi connectivity index (χ1) is 10.4. The smallest absolute Gasteiger partial charge is 0.486 e. The summed E-state index contributed by atoms with van der Waals surface area (Å²) in [6, 6.07) is 8.12. The molecule has 0 aliphatic heterocycles. The lowest BCUT2D eigenvalue weighted by atomic mass is 9.80. The second-order valence-electron chi connectivity index (χ2n) is 5.51. The summed E-state index contributed by atoms with van der Waals surface area (Å²) in [5.41, 5.74) is 2.53. The molecule has 1 nitrogen and oxygen atoms in total. The highest BCUT2D eigenvalue weighted by atomic mass is 19.4. The number of halogens is 4. The van der Waals surface area contributed by atoms with Crippen LogP contribution in [0.3, 0.4) is 0 Å². The Labute approximate surface area is 126 Å². The van der Waals surface area contributed by atoms with Crippen LogP contribution in [0.2, 0.25) is 0 Å². The SMILES string of the molecule is Fc1ccc([B-](F)(F)F)cc1OCc1ccc2c(c1)CCC2. The molecule has 1 aliphatic rings. The summed E-state index contributed by atoms with van der Waals surface area (Å²) in [4.78, 5) is 0. The zero-order valence-corrected chi connectivity index (χ0v) is 11.8. The number of ether oxygens (including phenoxy) is 1.